The number of carboxylic acids is 1. The average Bonchev–Trinajstić information content (AvgIpc) is 2.72. The zero-order chi connectivity index (χ0) is 15.2. The number of methoxy groups -OCH3 is 1. The van der Waals surface area contributed by atoms with E-state index in [2.05, 4.69) is 10.3 Å². The van der Waals surface area contributed by atoms with Crippen molar-refractivity contribution in [2.75, 3.05) is 7.11 Å². The van der Waals surface area contributed by atoms with Crippen molar-refractivity contribution < 1.29 is 19.4 Å². The maximum atomic E-state index is 12.2. The highest BCUT2D eigenvalue weighted by atomic mass is 16.5. The fourth-order valence-corrected chi connectivity index (χ4v) is 2.66. The molecule has 2 N–H and O–H groups in total. The molecule has 21 heavy (non-hydrogen) atoms. The van der Waals surface area contributed by atoms with E-state index in [9.17, 15) is 14.7 Å². The molecule has 6 nitrogen and oxygen atoms in total. The van der Waals surface area contributed by atoms with Gasteiger partial charge < -0.3 is 15.2 Å². The summed E-state index contributed by atoms with van der Waals surface area (Å²) in [6, 6.07) is 2.91. The van der Waals surface area contributed by atoms with Crippen molar-refractivity contribution >= 4 is 11.9 Å². The monoisotopic (exact) mass is 292 g/mol. The maximum absolute atomic E-state index is 12.2. The van der Waals surface area contributed by atoms with Crippen LogP contribution in [0.1, 0.15) is 42.5 Å². The lowest BCUT2D eigenvalue weighted by molar-refractivity contribution is -0.142. The van der Waals surface area contributed by atoms with Crippen molar-refractivity contribution in [3.05, 3.63) is 23.9 Å². The Morgan fingerprint density at radius 2 is 2.05 bits per heavy atom. The van der Waals surface area contributed by atoms with Gasteiger partial charge in [0.15, 0.2) is 0 Å². The number of nitrogens with one attached hydrogen (secondary N) is 1. The lowest BCUT2D eigenvalue weighted by Crippen LogP contribution is -2.42. The molecular formula is C15H20N2O4. The summed E-state index contributed by atoms with van der Waals surface area (Å²) in [6.07, 6.45) is 5.59. The van der Waals surface area contributed by atoms with Crippen LogP contribution >= 0.6 is 0 Å². The van der Waals surface area contributed by atoms with Crippen molar-refractivity contribution in [1.82, 2.24) is 10.3 Å². The van der Waals surface area contributed by atoms with Gasteiger partial charge in [-0.25, -0.2) is 4.98 Å². The summed E-state index contributed by atoms with van der Waals surface area (Å²) in [5.41, 5.74) is 0.407. The molecule has 0 aliphatic heterocycles. The molecule has 0 saturated heterocycles. The second-order valence-electron chi connectivity index (χ2n) is 5.25. The number of hydrogen-bond acceptors (Lipinski definition) is 4. The number of carboxylic acid groups (broad SMARTS) is 1. The van der Waals surface area contributed by atoms with Crippen LogP contribution in [0.2, 0.25) is 0 Å². The first kappa shape index (κ1) is 15.3. The third kappa shape index (κ3) is 3.93. The van der Waals surface area contributed by atoms with Crippen LogP contribution in [0.25, 0.3) is 0 Å². The number of ether oxygens (including phenoxy) is 1. The van der Waals surface area contributed by atoms with Gasteiger partial charge in [0.1, 0.15) is 0 Å². The van der Waals surface area contributed by atoms with Gasteiger partial charge in [-0.3, -0.25) is 9.59 Å². The number of carbonyl (C=O) groups excluding carboxylic acids is 1. The van der Waals surface area contributed by atoms with Gasteiger partial charge in [0, 0.05) is 18.3 Å². The Labute approximate surface area is 123 Å². The molecule has 1 heterocycles. The van der Waals surface area contributed by atoms with Gasteiger partial charge in [-0.15, -0.1) is 0 Å². The van der Waals surface area contributed by atoms with E-state index in [1.165, 1.54) is 13.3 Å². The van der Waals surface area contributed by atoms with Crippen molar-refractivity contribution in [2.24, 2.45) is 5.92 Å². The highest BCUT2D eigenvalue weighted by Crippen LogP contribution is 2.24. The van der Waals surface area contributed by atoms with Gasteiger partial charge in [-0.2, -0.15) is 0 Å². The SMILES string of the molecule is COc1ccc(C(=O)NC2CCCCCC2C(=O)O)cn1. The van der Waals surface area contributed by atoms with E-state index in [1.54, 1.807) is 12.1 Å². The highest BCUT2D eigenvalue weighted by Gasteiger charge is 2.30. The van der Waals surface area contributed by atoms with Gasteiger partial charge in [-0.1, -0.05) is 19.3 Å². The summed E-state index contributed by atoms with van der Waals surface area (Å²) in [5.74, 6) is -1.20. The highest BCUT2D eigenvalue weighted by molar-refractivity contribution is 5.94. The van der Waals surface area contributed by atoms with Crippen LogP contribution in [-0.2, 0) is 4.79 Å². The molecule has 1 amide bonds. The van der Waals surface area contributed by atoms with E-state index in [4.69, 9.17) is 4.74 Å². The molecule has 2 unspecified atom stereocenters. The second kappa shape index (κ2) is 7.06. The molecule has 1 aromatic heterocycles. The van der Waals surface area contributed by atoms with E-state index in [1.807, 2.05) is 0 Å². The number of carbonyl (C=O) groups is 2. The molecular weight excluding hydrogens is 272 g/mol. The van der Waals surface area contributed by atoms with Gasteiger partial charge >= 0.3 is 5.97 Å². The molecule has 1 fully saturated rings. The molecule has 2 rings (SSSR count). The first-order chi connectivity index (χ1) is 10.1. The number of pyridine rings is 1. The third-order valence-electron chi connectivity index (χ3n) is 3.86. The number of nitrogens with zero attached hydrogens (tertiary/aromatic N) is 1. The van der Waals surface area contributed by atoms with Crippen LogP contribution in [0, 0.1) is 5.92 Å². The summed E-state index contributed by atoms with van der Waals surface area (Å²) in [5, 5.41) is 12.1. The molecule has 1 saturated carbocycles. The molecule has 0 spiro atoms. The van der Waals surface area contributed by atoms with E-state index in [-0.39, 0.29) is 11.9 Å². The zero-order valence-corrected chi connectivity index (χ0v) is 12.0. The normalized spacial score (nSPS) is 22.1. The minimum atomic E-state index is -0.838. The lowest BCUT2D eigenvalue weighted by atomic mass is 9.94. The van der Waals surface area contributed by atoms with Crippen molar-refractivity contribution in [3.8, 4) is 5.88 Å². The standard InChI is InChI=1S/C15H20N2O4/c1-21-13-8-7-10(9-16-13)14(18)17-12-6-4-2-3-5-11(12)15(19)20/h7-9,11-12H,2-6H2,1H3,(H,17,18)(H,19,20). The predicted octanol–water partition coefficient (Wildman–Crippen LogP) is 1.85. The van der Waals surface area contributed by atoms with Crippen LogP contribution in [-0.4, -0.2) is 35.1 Å². The Kier molecular flexibility index (Phi) is 5.14. The Bertz CT molecular complexity index is 501. The number of aliphatic carboxylic acids is 1. The van der Waals surface area contributed by atoms with Gasteiger partial charge in [0.05, 0.1) is 18.6 Å². The Balaban J connectivity index is 2.06. The fraction of sp³-hybridized carbons (Fsp3) is 0.533. The smallest absolute Gasteiger partial charge is 0.308 e. The van der Waals surface area contributed by atoms with E-state index >= 15 is 0 Å². The molecule has 1 aliphatic carbocycles. The van der Waals surface area contributed by atoms with Crippen LogP contribution in [0.4, 0.5) is 0 Å². The number of aromatic nitrogens is 1. The first-order valence-electron chi connectivity index (χ1n) is 7.15. The molecule has 2 atom stereocenters. The van der Waals surface area contributed by atoms with Gasteiger partial charge in [0.2, 0.25) is 5.88 Å². The first-order valence-corrected chi connectivity index (χ1v) is 7.15. The molecule has 0 aromatic carbocycles. The lowest BCUT2D eigenvalue weighted by Gasteiger charge is -2.22. The minimum absolute atomic E-state index is 0.289. The number of amides is 1. The van der Waals surface area contributed by atoms with Gasteiger partial charge in [-0.05, 0) is 18.9 Å². The Hall–Kier alpha value is -2.11. The quantitative estimate of drug-likeness (QED) is 0.827. The largest absolute Gasteiger partial charge is 0.481 e. The maximum Gasteiger partial charge on any atom is 0.308 e. The Morgan fingerprint density at radius 3 is 2.67 bits per heavy atom. The summed E-state index contributed by atoms with van der Waals surface area (Å²) >= 11 is 0. The van der Waals surface area contributed by atoms with Gasteiger partial charge in [0.25, 0.3) is 5.91 Å². The van der Waals surface area contributed by atoms with Crippen molar-refractivity contribution in [3.63, 3.8) is 0 Å². The predicted molar refractivity (Wildman–Crippen MR) is 76.3 cm³/mol. The Morgan fingerprint density at radius 1 is 1.29 bits per heavy atom. The number of rotatable bonds is 4. The van der Waals surface area contributed by atoms with E-state index in [0.29, 0.717) is 24.3 Å². The van der Waals surface area contributed by atoms with Crippen LogP contribution in [0.5, 0.6) is 5.88 Å². The third-order valence-corrected chi connectivity index (χ3v) is 3.86. The zero-order valence-electron chi connectivity index (χ0n) is 12.0. The van der Waals surface area contributed by atoms with Crippen LogP contribution < -0.4 is 10.1 Å². The van der Waals surface area contributed by atoms with Crippen LogP contribution in [0.3, 0.4) is 0 Å². The second-order valence-corrected chi connectivity index (χ2v) is 5.25. The summed E-state index contributed by atoms with van der Waals surface area (Å²) in [6.45, 7) is 0. The van der Waals surface area contributed by atoms with E-state index in [0.717, 1.165) is 19.3 Å². The molecule has 6 heteroatoms. The molecule has 114 valence electrons. The minimum Gasteiger partial charge on any atom is -0.481 e. The van der Waals surface area contributed by atoms with E-state index < -0.39 is 11.9 Å². The summed E-state index contributed by atoms with van der Waals surface area (Å²) in [4.78, 5) is 27.5. The average molecular weight is 292 g/mol. The summed E-state index contributed by atoms with van der Waals surface area (Å²) < 4.78 is 4.94. The molecule has 1 aliphatic rings. The fourth-order valence-electron chi connectivity index (χ4n) is 2.66. The number of hydrogen-bond donors (Lipinski definition) is 2. The van der Waals surface area contributed by atoms with Crippen molar-refractivity contribution in [2.45, 2.75) is 38.1 Å². The summed E-state index contributed by atoms with van der Waals surface area (Å²) in [7, 11) is 1.51. The molecule has 0 radical (unpaired) electrons. The van der Waals surface area contributed by atoms with Crippen LogP contribution in [0.15, 0.2) is 18.3 Å². The van der Waals surface area contributed by atoms with Crippen molar-refractivity contribution in [1.29, 1.82) is 0 Å². The molecule has 1 aromatic rings. The topological polar surface area (TPSA) is 88.5 Å². The molecule has 0 bridgehead atoms.